The van der Waals surface area contributed by atoms with Crippen molar-refractivity contribution in [1.82, 2.24) is 10.3 Å². The first-order chi connectivity index (χ1) is 5.47. The molecular weight excluding hydrogens is 207 g/mol. The van der Waals surface area contributed by atoms with Crippen molar-refractivity contribution in [2.75, 3.05) is 6.54 Å². The smallest absolute Gasteiger partial charge is 0.0321 e. The molecule has 0 unspecified atom stereocenters. The highest BCUT2D eigenvalue weighted by Crippen LogP contribution is 2.21. The SMILES string of the molecule is Cl.Cl.c1cc([C@H]2CCCN2)ccn1. The van der Waals surface area contributed by atoms with E-state index in [1.54, 1.807) is 0 Å². The lowest BCUT2D eigenvalue weighted by Gasteiger charge is -2.08. The van der Waals surface area contributed by atoms with E-state index < -0.39 is 0 Å². The third-order valence-electron chi connectivity index (χ3n) is 2.17. The Kier molecular flexibility index (Phi) is 6.04. The van der Waals surface area contributed by atoms with Gasteiger partial charge in [-0.15, -0.1) is 24.8 Å². The highest BCUT2D eigenvalue weighted by Gasteiger charge is 2.14. The highest BCUT2D eigenvalue weighted by atomic mass is 35.5. The van der Waals surface area contributed by atoms with Crippen LogP contribution in [0.3, 0.4) is 0 Å². The van der Waals surface area contributed by atoms with E-state index in [4.69, 9.17) is 0 Å². The van der Waals surface area contributed by atoms with Crippen LogP contribution >= 0.6 is 24.8 Å². The molecule has 0 saturated carbocycles. The Labute approximate surface area is 91.0 Å². The molecule has 4 heteroatoms. The third kappa shape index (κ3) is 3.14. The van der Waals surface area contributed by atoms with Gasteiger partial charge in [-0.2, -0.15) is 0 Å². The van der Waals surface area contributed by atoms with Crippen LogP contribution in [-0.2, 0) is 0 Å². The standard InChI is InChI=1S/C9H12N2.2ClH/c1-2-9(11-5-1)8-3-6-10-7-4-8;;/h3-4,6-7,9,11H,1-2,5H2;2*1H/t9-;;/m1../s1. The van der Waals surface area contributed by atoms with Gasteiger partial charge in [0.05, 0.1) is 0 Å². The normalized spacial score (nSPS) is 20.2. The second-order valence-corrected chi connectivity index (χ2v) is 2.93. The fourth-order valence-electron chi connectivity index (χ4n) is 1.56. The van der Waals surface area contributed by atoms with Crippen LogP contribution in [0.5, 0.6) is 0 Å². The predicted molar refractivity (Wildman–Crippen MR) is 58.7 cm³/mol. The number of aromatic nitrogens is 1. The minimum absolute atomic E-state index is 0. The van der Waals surface area contributed by atoms with Crippen molar-refractivity contribution < 1.29 is 0 Å². The van der Waals surface area contributed by atoms with Gasteiger partial charge in [0.25, 0.3) is 0 Å². The molecule has 1 aromatic heterocycles. The first kappa shape index (κ1) is 12.7. The van der Waals surface area contributed by atoms with Crippen LogP contribution in [0.2, 0.25) is 0 Å². The number of hydrogen-bond donors (Lipinski definition) is 1. The highest BCUT2D eigenvalue weighted by molar-refractivity contribution is 5.85. The number of pyridine rings is 1. The monoisotopic (exact) mass is 220 g/mol. The van der Waals surface area contributed by atoms with Gasteiger partial charge in [0.2, 0.25) is 0 Å². The Balaban J connectivity index is 0.000000720. The molecule has 2 nitrogen and oxygen atoms in total. The van der Waals surface area contributed by atoms with Gasteiger partial charge in [-0.25, -0.2) is 0 Å². The zero-order chi connectivity index (χ0) is 7.52. The second-order valence-electron chi connectivity index (χ2n) is 2.93. The Bertz CT molecular complexity index is 222. The molecule has 1 aromatic rings. The van der Waals surface area contributed by atoms with Crippen LogP contribution in [0, 0.1) is 0 Å². The van der Waals surface area contributed by atoms with Crippen LogP contribution in [-0.4, -0.2) is 11.5 Å². The molecule has 0 spiro atoms. The van der Waals surface area contributed by atoms with Gasteiger partial charge >= 0.3 is 0 Å². The van der Waals surface area contributed by atoms with Crippen LogP contribution in [0.25, 0.3) is 0 Å². The molecule has 1 aliphatic rings. The molecule has 0 radical (unpaired) electrons. The van der Waals surface area contributed by atoms with Gasteiger partial charge in [0.15, 0.2) is 0 Å². The number of rotatable bonds is 1. The first-order valence-electron chi connectivity index (χ1n) is 4.10. The minimum Gasteiger partial charge on any atom is -0.310 e. The summed E-state index contributed by atoms with van der Waals surface area (Å²) in [5.74, 6) is 0. The fourth-order valence-corrected chi connectivity index (χ4v) is 1.56. The zero-order valence-electron chi connectivity index (χ0n) is 7.27. The van der Waals surface area contributed by atoms with Gasteiger partial charge in [-0.1, -0.05) is 0 Å². The number of nitrogens with zero attached hydrogens (tertiary/aromatic N) is 1. The summed E-state index contributed by atoms with van der Waals surface area (Å²) in [6.07, 6.45) is 6.28. The second kappa shape index (κ2) is 6.19. The van der Waals surface area contributed by atoms with Gasteiger partial charge in [-0.05, 0) is 37.1 Å². The van der Waals surface area contributed by atoms with E-state index in [-0.39, 0.29) is 24.8 Å². The topological polar surface area (TPSA) is 24.9 Å². The van der Waals surface area contributed by atoms with E-state index in [9.17, 15) is 0 Å². The van der Waals surface area contributed by atoms with Crippen molar-refractivity contribution in [2.45, 2.75) is 18.9 Å². The van der Waals surface area contributed by atoms with Crippen LogP contribution in [0.15, 0.2) is 24.5 Å². The summed E-state index contributed by atoms with van der Waals surface area (Å²) in [6.45, 7) is 1.16. The number of halogens is 2. The molecule has 1 fully saturated rings. The predicted octanol–water partition coefficient (Wildman–Crippen LogP) is 2.35. The maximum Gasteiger partial charge on any atom is 0.0321 e. The van der Waals surface area contributed by atoms with E-state index in [0.29, 0.717) is 6.04 Å². The van der Waals surface area contributed by atoms with E-state index in [2.05, 4.69) is 22.4 Å². The molecule has 2 rings (SSSR count). The quantitative estimate of drug-likeness (QED) is 0.787. The van der Waals surface area contributed by atoms with Gasteiger partial charge in [0.1, 0.15) is 0 Å². The molecule has 0 bridgehead atoms. The molecule has 1 aliphatic heterocycles. The van der Waals surface area contributed by atoms with Crippen molar-refractivity contribution in [3.05, 3.63) is 30.1 Å². The van der Waals surface area contributed by atoms with E-state index >= 15 is 0 Å². The molecule has 2 heterocycles. The van der Waals surface area contributed by atoms with E-state index in [1.165, 1.54) is 18.4 Å². The summed E-state index contributed by atoms with van der Waals surface area (Å²) in [5, 5.41) is 3.45. The number of hydrogen-bond acceptors (Lipinski definition) is 2. The Morgan fingerprint density at radius 3 is 2.46 bits per heavy atom. The maximum absolute atomic E-state index is 3.99. The molecular formula is C9H14Cl2N2. The lowest BCUT2D eigenvalue weighted by atomic mass is 10.1. The molecule has 1 N–H and O–H groups in total. The number of nitrogens with one attached hydrogen (secondary N) is 1. The summed E-state index contributed by atoms with van der Waals surface area (Å²) in [6, 6.07) is 4.75. The summed E-state index contributed by atoms with van der Waals surface area (Å²) >= 11 is 0. The van der Waals surface area contributed by atoms with E-state index in [1.807, 2.05) is 12.4 Å². The lowest BCUT2D eigenvalue weighted by molar-refractivity contribution is 0.647. The Hall–Kier alpha value is -0.310. The average Bonchev–Trinajstić information content (AvgIpc) is 2.58. The van der Waals surface area contributed by atoms with Crippen molar-refractivity contribution in [3.8, 4) is 0 Å². The molecule has 0 amide bonds. The summed E-state index contributed by atoms with van der Waals surface area (Å²) in [5.41, 5.74) is 1.37. The van der Waals surface area contributed by atoms with Crippen LogP contribution in [0.1, 0.15) is 24.4 Å². The molecule has 0 aromatic carbocycles. The molecule has 1 saturated heterocycles. The van der Waals surface area contributed by atoms with Crippen molar-refractivity contribution >= 4 is 24.8 Å². The van der Waals surface area contributed by atoms with Crippen LogP contribution in [0.4, 0.5) is 0 Å². The molecule has 0 aliphatic carbocycles. The van der Waals surface area contributed by atoms with Crippen molar-refractivity contribution in [2.24, 2.45) is 0 Å². The van der Waals surface area contributed by atoms with Gasteiger partial charge < -0.3 is 5.32 Å². The van der Waals surface area contributed by atoms with Gasteiger partial charge in [-0.3, -0.25) is 4.98 Å². The zero-order valence-corrected chi connectivity index (χ0v) is 8.90. The Morgan fingerprint density at radius 2 is 1.92 bits per heavy atom. The Morgan fingerprint density at radius 1 is 1.23 bits per heavy atom. The first-order valence-corrected chi connectivity index (χ1v) is 4.10. The largest absolute Gasteiger partial charge is 0.310 e. The van der Waals surface area contributed by atoms with E-state index in [0.717, 1.165) is 6.54 Å². The van der Waals surface area contributed by atoms with Crippen molar-refractivity contribution in [1.29, 1.82) is 0 Å². The molecule has 1 atom stereocenters. The summed E-state index contributed by atoms with van der Waals surface area (Å²) < 4.78 is 0. The summed E-state index contributed by atoms with van der Waals surface area (Å²) in [4.78, 5) is 3.99. The minimum atomic E-state index is 0. The van der Waals surface area contributed by atoms with Gasteiger partial charge in [0, 0.05) is 18.4 Å². The average molecular weight is 221 g/mol. The molecule has 74 valence electrons. The third-order valence-corrected chi connectivity index (χ3v) is 2.17. The fraction of sp³-hybridized carbons (Fsp3) is 0.444. The van der Waals surface area contributed by atoms with Crippen molar-refractivity contribution in [3.63, 3.8) is 0 Å². The maximum atomic E-state index is 3.99. The molecule has 13 heavy (non-hydrogen) atoms. The lowest BCUT2D eigenvalue weighted by Crippen LogP contribution is -2.12. The summed E-state index contributed by atoms with van der Waals surface area (Å²) in [7, 11) is 0. The van der Waals surface area contributed by atoms with Crippen LogP contribution < -0.4 is 5.32 Å².